The number of aryl methyl sites for hydroxylation is 2. The van der Waals surface area contributed by atoms with Crippen LogP contribution in [-0.4, -0.2) is 14.7 Å². The van der Waals surface area contributed by atoms with Gasteiger partial charge < -0.3 is 9.67 Å². The Hall–Kier alpha value is -1.61. The van der Waals surface area contributed by atoms with Crippen LogP contribution in [-0.2, 0) is 6.42 Å². The van der Waals surface area contributed by atoms with Crippen LogP contribution >= 0.6 is 0 Å². The Morgan fingerprint density at radius 1 is 1.35 bits per heavy atom. The number of hydrogen-bond acceptors (Lipinski definition) is 2. The van der Waals surface area contributed by atoms with Gasteiger partial charge in [-0.1, -0.05) is 13.8 Å². The van der Waals surface area contributed by atoms with Crippen molar-refractivity contribution < 1.29 is 5.11 Å². The van der Waals surface area contributed by atoms with Gasteiger partial charge in [0.05, 0.1) is 18.0 Å². The number of pyridine rings is 1. The average molecular weight is 270 g/mol. The monoisotopic (exact) mass is 270 g/mol. The first-order valence-electron chi connectivity index (χ1n) is 7.19. The maximum absolute atomic E-state index is 10.4. The van der Waals surface area contributed by atoms with Crippen molar-refractivity contribution in [3.05, 3.63) is 47.0 Å². The van der Waals surface area contributed by atoms with Gasteiger partial charge in [-0.2, -0.15) is 0 Å². The highest BCUT2D eigenvalue weighted by molar-refractivity contribution is 5.46. The van der Waals surface area contributed by atoms with Crippen molar-refractivity contribution >= 4 is 0 Å². The Bertz CT molecular complexity index is 655. The van der Waals surface area contributed by atoms with Gasteiger partial charge >= 0.3 is 0 Å². The van der Waals surface area contributed by atoms with Crippen molar-refractivity contribution in [2.45, 2.75) is 46.6 Å². The molecule has 0 bridgehead atoms. The first-order valence-corrected chi connectivity index (χ1v) is 7.19. The molecule has 3 nitrogen and oxygen atoms in total. The third kappa shape index (κ3) is 2.06. The summed E-state index contributed by atoms with van der Waals surface area (Å²) in [5.74, 6) is 0. The summed E-state index contributed by atoms with van der Waals surface area (Å²) in [6.07, 6.45) is 5.20. The molecule has 0 aromatic carbocycles. The van der Waals surface area contributed by atoms with Crippen LogP contribution < -0.4 is 0 Å². The Morgan fingerprint density at radius 3 is 2.80 bits per heavy atom. The first kappa shape index (κ1) is 13.4. The van der Waals surface area contributed by atoms with Gasteiger partial charge in [0.15, 0.2) is 0 Å². The number of aliphatic hydroxyl groups excluding tert-OH is 1. The van der Waals surface area contributed by atoms with Crippen molar-refractivity contribution in [2.75, 3.05) is 0 Å². The van der Waals surface area contributed by atoms with Gasteiger partial charge in [0.1, 0.15) is 0 Å². The molecule has 0 saturated heterocycles. The van der Waals surface area contributed by atoms with Crippen LogP contribution in [0.25, 0.3) is 5.69 Å². The summed E-state index contributed by atoms with van der Waals surface area (Å²) in [5.41, 5.74) is 5.95. The van der Waals surface area contributed by atoms with Gasteiger partial charge in [0.25, 0.3) is 0 Å². The topological polar surface area (TPSA) is 38.0 Å². The molecule has 3 rings (SSSR count). The molecule has 20 heavy (non-hydrogen) atoms. The molecule has 3 heteroatoms. The third-order valence-electron chi connectivity index (χ3n) is 4.32. The van der Waals surface area contributed by atoms with E-state index in [0.29, 0.717) is 0 Å². The van der Waals surface area contributed by atoms with E-state index < -0.39 is 0 Å². The fraction of sp³-hybridized carbons (Fsp3) is 0.471. The molecule has 106 valence electrons. The highest BCUT2D eigenvalue weighted by Gasteiger charge is 2.34. The van der Waals surface area contributed by atoms with E-state index in [1.54, 1.807) is 0 Å². The smallest absolute Gasteiger partial charge is 0.0812 e. The van der Waals surface area contributed by atoms with Crippen LogP contribution in [0.1, 0.15) is 48.9 Å². The molecule has 2 aromatic heterocycles. The van der Waals surface area contributed by atoms with E-state index >= 15 is 0 Å². The molecule has 0 amide bonds. The summed E-state index contributed by atoms with van der Waals surface area (Å²) in [4.78, 5) is 4.26. The summed E-state index contributed by atoms with van der Waals surface area (Å²) in [6.45, 7) is 8.65. The van der Waals surface area contributed by atoms with Crippen LogP contribution in [0.15, 0.2) is 24.5 Å². The Labute approximate surface area is 120 Å². The largest absolute Gasteiger partial charge is 0.388 e. The highest BCUT2D eigenvalue weighted by Crippen LogP contribution is 2.42. The second-order valence-corrected chi connectivity index (χ2v) is 6.75. The van der Waals surface area contributed by atoms with Crippen LogP contribution in [0.2, 0.25) is 0 Å². The van der Waals surface area contributed by atoms with Gasteiger partial charge in [-0.15, -0.1) is 0 Å². The lowest BCUT2D eigenvalue weighted by atomic mass is 9.75. The zero-order valence-electron chi connectivity index (χ0n) is 12.6. The number of rotatable bonds is 1. The third-order valence-corrected chi connectivity index (χ3v) is 4.32. The van der Waals surface area contributed by atoms with Gasteiger partial charge in [0, 0.05) is 23.1 Å². The fourth-order valence-electron chi connectivity index (χ4n) is 3.37. The number of aliphatic hydroxyl groups is 1. The van der Waals surface area contributed by atoms with Crippen molar-refractivity contribution in [3.63, 3.8) is 0 Å². The van der Waals surface area contributed by atoms with Crippen molar-refractivity contribution in [2.24, 2.45) is 5.41 Å². The molecular formula is C17H22N2O. The molecule has 0 saturated carbocycles. The Kier molecular flexibility index (Phi) is 2.98. The second-order valence-electron chi connectivity index (χ2n) is 6.75. The molecule has 1 atom stereocenters. The Morgan fingerprint density at radius 2 is 2.10 bits per heavy atom. The molecule has 0 radical (unpaired) electrons. The lowest BCUT2D eigenvalue weighted by Crippen LogP contribution is -2.26. The molecule has 1 unspecified atom stereocenters. The quantitative estimate of drug-likeness (QED) is 0.861. The maximum Gasteiger partial charge on any atom is 0.0812 e. The zero-order chi connectivity index (χ0) is 14.5. The fourth-order valence-corrected chi connectivity index (χ4v) is 3.37. The molecular weight excluding hydrogens is 248 g/mol. The summed E-state index contributed by atoms with van der Waals surface area (Å²) in [6, 6.07) is 4.16. The zero-order valence-corrected chi connectivity index (χ0v) is 12.6. The van der Waals surface area contributed by atoms with E-state index in [9.17, 15) is 5.11 Å². The van der Waals surface area contributed by atoms with E-state index in [0.717, 1.165) is 24.1 Å². The average Bonchev–Trinajstić information content (AvgIpc) is 2.66. The normalized spacial score (nSPS) is 20.8. The predicted octanol–water partition coefficient (Wildman–Crippen LogP) is 3.49. The van der Waals surface area contributed by atoms with Gasteiger partial charge in [0.2, 0.25) is 0 Å². The number of hydrogen-bond donors (Lipinski definition) is 1. The van der Waals surface area contributed by atoms with Crippen molar-refractivity contribution in [3.8, 4) is 5.69 Å². The Balaban J connectivity index is 2.22. The molecule has 2 heterocycles. The summed E-state index contributed by atoms with van der Waals surface area (Å²) in [5, 5.41) is 10.4. The van der Waals surface area contributed by atoms with E-state index in [1.807, 2.05) is 18.5 Å². The summed E-state index contributed by atoms with van der Waals surface area (Å²) in [7, 11) is 0. The predicted molar refractivity (Wildman–Crippen MR) is 80.1 cm³/mol. The van der Waals surface area contributed by atoms with E-state index in [4.69, 9.17) is 0 Å². The van der Waals surface area contributed by atoms with Crippen LogP contribution in [0, 0.1) is 19.3 Å². The van der Waals surface area contributed by atoms with Crippen molar-refractivity contribution in [1.82, 2.24) is 9.55 Å². The lowest BCUT2D eigenvalue weighted by molar-refractivity contribution is 0.0987. The van der Waals surface area contributed by atoms with Crippen LogP contribution in [0.5, 0.6) is 0 Å². The molecule has 0 fully saturated rings. The molecule has 0 aliphatic heterocycles. The number of aromatic nitrogens is 2. The SMILES string of the molecule is Cc1ccncc1-n1c(C)cc2c1CC(C)(C)CC2O. The minimum atomic E-state index is -0.356. The highest BCUT2D eigenvalue weighted by atomic mass is 16.3. The standard InChI is InChI=1S/C17H22N2O/c1-11-5-6-18-10-15(11)19-12(2)7-13-14(19)8-17(3,4)9-16(13)20/h5-7,10,16,20H,8-9H2,1-4H3. The molecule has 1 aliphatic rings. The summed E-state index contributed by atoms with van der Waals surface area (Å²) < 4.78 is 2.27. The van der Waals surface area contributed by atoms with E-state index in [2.05, 4.69) is 43.3 Å². The van der Waals surface area contributed by atoms with Gasteiger partial charge in [-0.05, 0) is 49.8 Å². The minimum Gasteiger partial charge on any atom is -0.388 e. The first-order chi connectivity index (χ1) is 9.39. The lowest BCUT2D eigenvalue weighted by Gasteiger charge is -2.34. The van der Waals surface area contributed by atoms with Crippen LogP contribution in [0.3, 0.4) is 0 Å². The summed E-state index contributed by atoms with van der Waals surface area (Å²) >= 11 is 0. The molecule has 1 aliphatic carbocycles. The van der Waals surface area contributed by atoms with Gasteiger partial charge in [-0.3, -0.25) is 4.98 Å². The number of fused-ring (bicyclic) bond motifs is 1. The maximum atomic E-state index is 10.4. The van der Waals surface area contributed by atoms with Gasteiger partial charge in [-0.25, -0.2) is 0 Å². The van der Waals surface area contributed by atoms with Crippen molar-refractivity contribution in [1.29, 1.82) is 0 Å². The second kappa shape index (κ2) is 4.45. The van der Waals surface area contributed by atoms with E-state index in [1.165, 1.54) is 17.0 Å². The molecule has 0 spiro atoms. The minimum absolute atomic E-state index is 0.130. The van der Waals surface area contributed by atoms with E-state index in [-0.39, 0.29) is 11.5 Å². The molecule has 2 aromatic rings. The molecule has 1 N–H and O–H groups in total. The number of nitrogens with zero attached hydrogens (tertiary/aromatic N) is 2. The van der Waals surface area contributed by atoms with Crippen LogP contribution in [0.4, 0.5) is 0 Å².